The minimum Gasteiger partial charge on any atom is -0.503 e. The number of aliphatic hydroxyl groups excluding tert-OH is 1. The SMILES string of the molecule is COc1ccc(CC[C@@H](C)O)c(Br)c1O. The van der Waals surface area contributed by atoms with E-state index in [1.165, 1.54) is 7.11 Å². The van der Waals surface area contributed by atoms with Crippen LogP contribution in [0.25, 0.3) is 0 Å². The number of hydrogen-bond donors (Lipinski definition) is 2. The van der Waals surface area contributed by atoms with Crippen molar-refractivity contribution in [1.82, 2.24) is 0 Å². The van der Waals surface area contributed by atoms with E-state index >= 15 is 0 Å². The third-order valence-electron chi connectivity index (χ3n) is 2.21. The Balaban J connectivity index is 2.87. The Kier molecular flexibility index (Phi) is 4.42. The normalized spacial score (nSPS) is 12.5. The van der Waals surface area contributed by atoms with Gasteiger partial charge in [-0.05, 0) is 47.3 Å². The quantitative estimate of drug-likeness (QED) is 0.887. The van der Waals surface area contributed by atoms with Crippen molar-refractivity contribution in [1.29, 1.82) is 0 Å². The summed E-state index contributed by atoms with van der Waals surface area (Å²) in [7, 11) is 1.51. The van der Waals surface area contributed by atoms with Crippen molar-refractivity contribution in [2.45, 2.75) is 25.9 Å². The van der Waals surface area contributed by atoms with E-state index in [-0.39, 0.29) is 11.9 Å². The van der Waals surface area contributed by atoms with E-state index in [0.717, 1.165) is 12.0 Å². The maximum Gasteiger partial charge on any atom is 0.172 e. The van der Waals surface area contributed by atoms with Gasteiger partial charge < -0.3 is 14.9 Å². The number of aromatic hydroxyl groups is 1. The molecule has 3 nitrogen and oxygen atoms in total. The predicted molar refractivity (Wildman–Crippen MR) is 62.4 cm³/mol. The van der Waals surface area contributed by atoms with Gasteiger partial charge in [0, 0.05) is 0 Å². The first kappa shape index (κ1) is 12.3. The Morgan fingerprint density at radius 1 is 1.47 bits per heavy atom. The standard InChI is InChI=1S/C11H15BrO3/c1-7(13)3-4-8-5-6-9(15-2)11(14)10(8)12/h5-7,13-14H,3-4H2,1-2H3/t7-/m1/s1. The molecule has 0 saturated heterocycles. The Hall–Kier alpha value is -0.740. The first-order valence-corrected chi connectivity index (χ1v) is 5.58. The summed E-state index contributed by atoms with van der Waals surface area (Å²) in [6.07, 6.45) is 1.06. The van der Waals surface area contributed by atoms with Crippen LogP contribution in [0.2, 0.25) is 0 Å². The lowest BCUT2D eigenvalue weighted by Crippen LogP contribution is -2.02. The zero-order valence-electron chi connectivity index (χ0n) is 8.83. The van der Waals surface area contributed by atoms with Gasteiger partial charge in [-0.15, -0.1) is 0 Å². The Morgan fingerprint density at radius 2 is 2.13 bits per heavy atom. The summed E-state index contributed by atoms with van der Waals surface area (Å²) < 4.78 is 5.62. The molecule has 84 valence electrons. The number of rotatable bonds is 4. The molecular formula is C11H15BrO3. The van der Waals surface area contributed by atoms with Gasteiger partial charge in [-0.2, -0.15) is 0 Å². The number of phenolic OH excluding ortho intramolecular Hbond substituents is 1. The minimum absolute atomic E-state index is 0.112. The van der Waals surface area contributed by atoms with Crippen LogP contribution in [0.5, 0.6) is 11.5 Å². The molecule has 0 fully saturated rings. The molecule has 0 bridgehead atoms. The van der Waals surface area contributed by atoms with Crippen molar-refractivity contribution in [3.8, 4) is 11.5 Å². The third kappa shape index (κ3) is 3.11. The molecule has 1 atom stereocenters. The van der Waals surface area contributed by atoms with E-state index in [0.29, 0.717) is 16.6 Å². The average Bonchev–Trinajstić information content (AvgIpc) is 2.20. The molecule has 1 aromatic carbocycles. The molecule has 0 spiro atoms. The van der Waals surface area contributed by atoms with Crippen LogP contribution in [0.3, 0.4) is 0 Å². The van der Waals surface area contributed by atoms with Crippen LogP contribution in [-0.4, -0.2) is 23.4 Å². The molecule has 4 heteroatoms. The van der Waals surface area contributed by atoms with E-state index in [2.05, 4.69) is 15.9 Å². The molecule has 2 N–H and O–H groups in total. The van der Waals surface area contributed by atoms with E-state index in [9.17, 15) is 10.2 Å². The Bertz CT molecular complexity index is 337. The molecule has 0 aromatic heterocycles. The fourth-order valence-electron chi connectivity index (χ4n) is 1.31. The lowest BCUT2D eigenvalue weighted by molar-refractivity contribution is 0.185. The zero-order chi connectivity index (χ0) is 11.4. The molecule has 15 heavy (non-hydrogen) atoms. The van der Waals surface area contributed by atoms with Gasteiger partial charge >= 0.3 is 0 Å². The second-order valence-electron chi connectivity index (χ2n) is 3.48. The van der Waals surface area contributed by atoms with Crippen LogP contribution in [0.1, 0.15) is 18.9 Å². The number of hydrogen-bond acceptors (Lipinski definition) is 3. The molecule has 0 aliphatic carbocycles. The fraction of sp³-hybridized carbons (Fsp3) is 0.455. The highest BCUT2D eigenvalue weighted by molar-refractivity contribution is 9.10. The fourth-order valence-corrected chi connectivity index (χ4v) is 1.84. The van der Waals surface area contributed by atoms with E-state index in [1.807, 2.05) is 6.07 Å². The van der Waals surface area contributed by atoms with Gasteiger partial charge in [0.25, 0.3) is 0 Å². The van der Waals surface area contributed by atoms with E-state index < -0.39 is 0 Å². The summed E-state index contributed by atoms with van der Waals surface area (Å²) in [6, 6.07) is 3.60. The summed E-state index contributed by atoms with van der Waals surface area (Å²) in [4.78, 5) is 0. The van der Waals surface area contributed by atoms with Crippen LogP contribution < -0.4 is 4.74 Å². The minimum atomic E-state index is -0.332. The van der Waals surface area contributed by atoms with Crippen molar-refractivity contribution in [2.75, 3.05) is 7.11 Å². The summed E-state index contributed by atoms with van der Waals surface area (Å²) in [5.41, 5.74) is 0.967. The molecule has 0 unspecified atom stereocenters. The average molecular weight is 275 g/mol. The van der Waals surface area contributed by atoms with Crippen molar-refractivity contribution >= 4 is 15.9 Å². The highest BCUT2D eigenvalue weighted by Gasteiger charge is 2.11. The summed E-state index contributed by atoms with van der Waals surface area (Å²) >= 11 is 3.31. The van der Waals surface area contributed by atoms with Crippen molar-refractivity contribution in [3.63, 3.8) is 0 Å². The monoisotopic (exact) mass is 274 g/mol. The lowest BCUT2D eigenvalue weighted by atomic mass is 10.1. The molecule has 0 radical (unpaired) electrons. The van der Waals surface area contributed by atoms with Gasteiger partial charge in [-0.25, -0.2) is 0 Å². The van der Waals surface area contributed by atoms with Gasteiger partial charge in [0.15, 0.2) is 11.5 Å². The molecular weight excluding hydrogens is 260 g/mol. The molecule has 0 amide bonds. The van der Waals surface area contributed by atoms with E-state index in [1.54, 1.807) is 13.0 Å². The summed E-state index contributed by atoms with van der Waals surface area (Å²) in [6.45, 7) is 1.75. The second kappa shape index (κ2) is 5.37. The molecule has 0 aliphatic heterocycles. The van der Waals surface area contributed by atoms with Gasteiger partial charge in [0.05, 0.1) is 17.7 Å². The first-order chi connectivity index (χ1) is 7.06. The Morgan fingerprint density at radius 3 is 2.67 bits per heavy atom. The summed E-state index contributed by atoms with van der Waals surface area (Å²) in [5.74, 6) is 0.559. The van der Waals surface area contributed by atoms with E-state index in [4.69, 9.17) is 4.74 Å². The molecule has 0 aliphatic rings. The van der Waals surface area contributed by atoms with Crippen LogP contribution in [0.4, 0.5) is 0 Å². The second-order valence-corrected chi connectivity index (χ2v) is 4.27. The number of ether oxygens (including phenoxy) is 1. The van der Waals surface area contributed by atoms with Crippen molar-refractivity contribution < 1.29 is 14.9 Å². The van der Waals surface area contributed by atoms with Gasteiger partial charge in [0.1, 0.15) is 0 Å². The van der Waals surface area contributed by atoms with Gasteiger partial charge in [0.2, 0.25) is 0 Å². The molecule has 0 saturated carbocycles. The highest BCUT2D eigenvalue weighted by atomic mass is 79.9. The topological polar surface area (TPSA) is 49.7 Å². The molecule has 1 aromatic rings. The number of methoxy groups -OCH3 is 1. The maximum atomic E-state index is 9.71. The van der Waals surface area contributed by atoms with Crippen LogP contribution in [0, 0.1) is 0 Å². The lowest BCUT2D eigenvalue weighted by Gasteiger charge is -2.10. The zero-order valence-corrected chi connectivity index (χ0v) is 10.4. The smallest absolute Gasteiger partial charge is 0.172 e. The predicted octanol–water partition coefficient (Wildman–Crippen LogP) is 2.48. The summed E-state index contributed by atoms with van der Waals surface area (Å²) in [5, 5.41) is 18.9. The van der Waals surface area contributed by atoms with Gasteiger partial charge in [-0.1, -0.05) is 6.07 Å². The largest absolute Gasteiger partial charge is 0.503 e. The number of halogens is 1. The maximum absolute atomic E-state index is 9.71. The Labute approximate surface area is 97.8 Å². The number of aliphatic hydroxyl groups is 1. The molecule has 1 rings (SSSR count). The first-order valence-electron chi connectivity index (χ1n) is 4.78. The number of aryl methyl sites for hydroxylation is 1. The van der Waals surface area contributed by atoms with Crippen LogP contribution in [0.15, 0.2) is 16.6 Å². The number of benzene rings is 1. The molecule has 0 heterocycles. The highest BCUT2D eigenvalue weighted by Crippen LogP contribution is 2.36. The van der Waals surface area contributed by atoms with Crippen molar-refractivity contribution in [2.24, 2.45) is 0 Å². The van der Waals surface area contributed by atoms with Gasteiger partial charge in [-0.3, -0.25) is 0 Å². The number of phenols is 1. The van der Waals surface area contributed by atoms with Crippen LogP contribution in [-0.2, 0) is 6.42 Å². The van der Waals surface area contributed by atoms with Crippen LogP contribution >= 0.6 is 15.9 Å². The third-order valence-corrected chi connectivity index (χ3v) is 3.10. The van der Waals surface area contributed by atoms with Crippen molar-refractivity contribution in [3.05, 3.63) is 22.2 Å².